The van der Waals surface area contributed by atoms with Gasteiger partial charge in [0, 0.05) is 6.42 Å². The van der Waals surface area contributed by atoms with Crippen LogP contribution in [0, 0.1) is 0 Å². The molecule has 1 aromatic carbocycles. The van der Waals surface area contributed by atoms with Crippen LogP contribution in [0.4, 0.5) is 0 Å². The van der Waals surface area contributed by atoms with Gasteiger partial charge in [-0.15, -0.1) is 0 Å². The van der Waals surface area contributed by atoms with Gasteiger partial charge in [-0.3, -0.25) is 4.79 Å². The normalized spacial score (nSPS) is 17.6. The standard InChI is InChI=1S/C19H29NO/c1-2-3-4-5-9-12-18(21)19(13-15-20-16-14-19)17-10-7-6-8-11-17/h6-8,10-11,20H,2-5,9,12-16H2,1H3. The lowest BCUT2D eigenvalue weighted by atomic mass is 9.69. The SMILES string of the molecule is CCCCCCCC(=O)C1(c2ccccc2)CCNCC1. The van der Waals surface area contributed by atoms with Crippen molar-refractivity contribution in [2.75, 3.05) is 13.1 Å². The Morgan fingerprint density at radius 2 is 1.71 bits per heavy atom. The van der Waals surface area contributed by atoms with E-state index in [0.29, 0.717) is 5.78 Å². The molecule has 21 heavy (non-hydrogen) atoms. The van der Waals surface area contributed by atoms with Crippen molar-refractivity contribution in [1.29, 1.82) is 0 Å². The van der Waals surface area contributed by atoms with Crippen molar-refractivity contribution in [3.8, 4) is 0 Å². The van der Waals surface area contributed by atoms with Crippen molar-refractivity contribution in [3.63, 3.8) is 0 Å². The van der Waals surface area contributed by atoms with Gasteiger partial charge in [0.05, 0.1) is 5.41 Å². The summed E-state index contributed by atoms with van der Waals surface area (Å²) in [6, 6.07) is 10.4. The van der Waals surface area contributed by atoms with Gasteiger partial charge in [-0.05, 0) is 37.9 Å². The third-order valence-corrected chi connectivity index (χ3v) is 4.82. The van der Waals surface area contributed by atoms with Crippen molar-refractivity contribution >= 4 is 5.78 Å². The van der Waals surface area contributed by atoms with Crippen molar-refractivity contribution in [2.24, 2.45) is 0 Å². The number of carbonyl (C=O) groups is 1. The monoisotopic (exact) mass is 287 g/mol. The molecule has 2 rings (SSSR count). The smallest absolute Gasteiger partial charge is 0.143 e. The quantitative estimate of drug-likeness (QED) is 0.725. The van der Waals surface area contributed by atoms with Gasteiger partial charge >= 0.3 is 0 Å². The lowest BCUT2D eigenvalue weighted by Crippen LogP contribution is -2.45. The number of nitrogens with one attached hydrogen (secondary N) is 1. The molecule has 2 heteroatoms. The molecule has 0 unspecified atom stereocenters. The van der Waals surface area contributed by atoms with Crippen LogP contribution in [0.15, 0.2) is 30.3 Å². The molecule has 1 fully saturated rings. The Hall–Kier alpha value is -1.15. The van der Waals surface area contributed by atoms with Crippen LogP contribution >= 0.6 is 0 Å². The second-order valence-electron chi connectivity index (χ2n) is 6.29. The molecule has 1 saturated heterocycles. The van der Waals surface area contributed by atoms with Crippen molar-refractivity contribution in [2.45, 2.75) is 63.7 Å². The molecule has 0 aliphatic carbocycles. The number of rotatable bonds is 8. The molecule has 0 aromatic heterocycles. The second kappa shape index (κ2) is 8.33. The summed E-state index contributed by atoms with van der Waals surface area (Å²) in [7, 11) is 0. The van der Waals surface area contributed by atoms with E-state index in [0.717, 1.165) is 38.8 Å². The molecule has 0 radical (unpaired) electrons. The largest absolute Gasteiger partial charge is 0.317 e. The number of unbranched alkanes of at least 4 members (excludes halogenated alkanes) is 4. The number of carbonyl (C=O) groups excluding carboxylic acids is 1. The van der Waals surface area contributed by atoms with Gasteiger partial charge in [0.15, 0.2) is 0 Å². The van der Waals surface area contributed by atoms with Crippen LogP contribution in [-0.4, -0.2) is 18.9 Å². The summed E-state index contributed by atoms with van der Waals surface area (Å²) in [6.45, 7) is 4.14. The minimum Gasteiger partial charge on any atom is -0.317 e. The van der Waals surface area contributed by atoms with Crippen LogP contribution in [0.3, 0.4) is 0 Å². The topological polar surface area (TPSA) is 29.1 Å². The Kier molecular flexibility index (Phi) is 6.44. The molecule has 1 heterocycles. The predicted octanol–water partition coefficient (Wildman–Crippen LogP) is 4.24. The van der Waals surface area contributed by atoms with E-state index < -0.39 is 0 Å². The third-order valence-electron chi connectivity index (χ3n) is 4.82. The first kappa shape index (κ1) is 16.2. The molecule has 0 spiro atoms. The molecule has 1 aliphatic heterocycles. The Labute approximate surface area is 129 Å². The summed E-state index contributed by atoms with van der Waals surface area (Å²) in [4.78, 5) is 12.9. The number of Topliss-reactive ketones (excluding diaryl/α,β-unsaturated/α-hetero) is 1. The average molecular weight is 287 g/mol. The van der Waals surface area contributed by atoms with Gasteiger partial charge in [0.2, 0.25) is 0 Å². The minimum atomic E-state index is -0.225. The van der Waals surface area contributed by atoms with Gasteiger partial charge in [0.1, 0.15) is 5.78 Å². The molecular weight excluding hydrogens is 258 g/mol. The van der Waals surface area contributed by atoms with E-state index in [1.807, 2.05) is 6.07 Å². The molecule has 2 nitrogen and oxygen atoms in total. The fourth-order valence-electron chi connectivity index (χ4n) is 3.47. The first-order valence-corrected chi connectivity index (χ1v) is 8.59. The summed E-state index contributed by atoms with van der Waals surface area (Å²) in [5.74, 6) is 0.465. The van der Waals surface area contributed by atoms with E-state index in [1.54, 1.807) is 0 Å². The summed E-state index contributed by atoms with van der Waals surface area (Å²) in [5.41, 5.74) is 1.00. The zero-order chi connectivity index (χ0) is 15.0. The predicted molar refractivity (Wildman–Crippen MR) is 88.6 cm³/mol. The summed E-state index contributed by atoms with van der Waals surface area (Å²) >= 11 is 0. The first-order chi connectivity index (χ1) is 10.3. The molecule has 0 bridgehead atoms. The first-order valence-electron chi connectivity index (χ1n) is 8.59. The van der Waals surface area contributed by atoms with Gasteiger partial charge < -0.3 is 5.32 Å². The maximum absolute atomic E-state index is 12.9. The van der Waals surface area contributed by atoms with E-state index in [2.05, 4.69) is 36.5 Å². The number of ketones is 1. The molecule has 1 aliphatic rings. The molecule has 0 atom stereocenters. The fourth-order valence-corrected chi connectivity index (χ4v) is 3.47. The Morgan fingerprint density at radius 3 is 2.38 bits per heavy atom. The van der Waals surface area contributed by atoms with Crippen molar-refractivity contribution in [1.82, 2.24) is 5.32 Å². The lowest BCUT2D eigenvalue weighted by Gasteiger charge is -2.37. The molecule has 1 N–H and O–H groups in total. The molecule has 0 saturated carbocycles. The van der Waals surface area contributed by atoms with Crippen LogP contribution in [0.25, 0.3) is 0 Å². The van der Waals surface area contributed by atoms with Crippen LogP contribution < -0.4 is 5.32 Å². The van der Waals surface area contributed by atoms with E-state index in [4.69, 9.17) is 0 Å². The van der Waals surface area contributed by atoms with Crippen LogP contribution in [0.1, 0.15) is 63.9 Å². The second-order valence-corrected chi connectivity index (χ2v) is 6.29. The number of benzene rings is 1. The third kappa shape index (κ3) is 4.16. The highest BCUT2D eigenvalue weighted by Crippen LogP contribution is 2.36. The maximum atomic E-state index is 12.9. The minimum absolute atomic E-state index is 0.225. The highest BCUT2D eigenvalue weighted by Gasteiger charge is 2.39. The van der Waals surface area contributed by atoms with Crippen molar-refractivity contribution < 1.29 is 4.79 Å². The van der Waals surface area contributed by atoms with Crippen LogP contribution in [-0.2, 0) is 10.2 Å². The van der Waals surface area contributed by atoms with Crippen molar-refractivity contribution in [3.05, 3.63) is 35.9 Å². The summed E-state index contributed by atoms with van der Waals surface area (Å²) in [6.07, 6.45) is 8.72. The number of hydrogen-bond acceptors (Lipinski definition) is 2. The van der Waals surface area contributed by atoms with Gasteiger partial charge in [-0.2, -0.15) is 0 Å². The summed E-state index contributed by atoms with van der Waals surface area (Å²) < 4.78 is 0. The molecule has 1 aromatic rings. The maximum Gasteiger partial charge on any atom is 0.143 e. The Morgan fingerprint density at radius 1 is 1.05 bits per heavy atom. The zero-order valence-electron chi connectivity index (χ0n) is 13.4. The van der Waals surface area contributed by atoms with E-state index in [-0.39, 0.29) is 5.41 Å². The van der Waals surface area contributed by atoms with E-state index in [1.165, 1.54) is 31.2 Å². The zero-order valence-corrected chi connectivity index (χ0v) is 13.4. The number of hydrogen-bond donors (Lipinski definition) is 1. The van der Waals surface area contributed by atoms with Crippen LogP contribution in [0.2, 0.25) is 0 Å². The Bertz CT molecular complexity index is 420. The highest BCUT2D eigenvalue weighted by molar-refractivity contribution is 5.90. The Balaban J connectivity index is 2.01. The van der Waals surface area contributed by atoms with Gasteiger partial charge in [-0.1, -0.05) is 62.9 Å². The van der Waals surface area contributed by atoms with E-state index >= 15 is 0 Å². The fraction of sp³-hybridized carbons (Fsp3) is 0.632. The molecular formula is C19H29NO. The lowest BCUT2D eigenvalue weighted by molar-refractivity contribution is -0.125. The van der Waals surface area contributed by atoms with E-state index in [9.17, 15) is 4.79 Å². The van der Waals surface area contributed by atoms with Gasteiger partial charge in [-0.25, -0.2) is 0 Å². The molecule has 116 valence electrons. The summed E-state index contributed by atoms with van der Waals surface area (Å²) in [5, 5.41) is 3.40. The highest BCUT2D eigenvalue weighted by atomic mass is 16.1. The molecule has 0 amide bonds. The number of piperidine rings is 1. The van der Waals surface area contributed by atoms with Crippen LogP contribution in [0.5, 0.6) is 0 Å². The van der Waals surface area contributed by atoms with Gasteiger partial charge in [0.25, 0.3) is 0 Å². The average Bonchev–Trinajstić information content (AvgIpc) is 2.56.